The number of sulfonamides is 1. The van der Waals surface area contributed by atoms with E-state index in [0.29, 0.717) is 22.4 Å². The third-order valence-corrected chi connectivity index (χ3v) is 6.26. The van der Waals surface area contributed by atoms with Crippen molar-refractivity contribution in [2.24, 2.45) is 5.92 Å². The Hall–Kier alpha value is -0.620. The Morgan fingerprint density at radius 3 is 2.53 bits per heavy atom. The molecule has 2 atom stereocenters. The van der Waals surface area contributed by atoms with Crippen LogP contribution in [0.25, 0.3) is 0 Å². The molecule has 0 aliphatic carbocycles. The maximum Gasteiger partial charge on any atom is 0.243 e. The molecule has 104 valence electrons. The van der Waals surface area contributed by atoms with Gasteiger partial charge in [0.05, 0.1) is 4.90 Å². The zero-order chi connectivity index (χ0) is 13.6. The first-order valence-corrected chi connectivity index (χ1v) is 8.26. The average molecular weight is 301 g/mol. The van der Waals surface area contributed by atoms with Crippen molar-refractivity contribution in [2.45, 2.75) is 17.4 Å². The van der Waals surface area contributed by atoms with E-state index in [1.54, 1.807) is 28.6 Å². The van der Waals surface area contributed by atoms with Crippen molar-refractivity contribution in [1.29, 1.82) is 0 Å². The summed E-state index contributed by atoms with van der Waals surface area (Å²) in [6.45, 7) is 2.60. The summed E-state index contributed by atoms with van der Waals surface area (Å²) in [6, 6.07) is 6.59. The Balaban J connectivity index is 1.81. The lowest BCUT2D eigenvalue weighted by Gasteiger charge is -2.51. The standard InChI is InChI=1S/C13H17ClN2O2S/c1-15-7-6-13-10(8-15)9-16(13)19(17,18)12-4-2-11(14)3-5-12/h2-5,10,13H,6-9H2,1H3/t10-,13-/m1/s1. The van der Waals surface area contributed by atoms with Gasteiger partial charge in [0.15, 0.2) is 0 Å². The quantitative estimate of drug-likeness (QED) is 0.834. The Morgan fingerprint density at radius 2 is 1.89 bits per heavy atom. The highest BCUT2D eigenvalue weighted by molar-refractivity contribution is 7.89. The molecular weight excluding hydrogens is 284 g/mol. The van der Waals surface area contributed by atoms with Crippen LogP contribution in [0.15, 0.2) is 29.2 Å². The third-order valence-electron chi connectivity index (χ3n) is 4.10. The first-order valence-electron chi connectivity index (χ1n) is 6.44. The van der Waals surface area contributed by atoms with Crippen LogP contribution < -0.4 is 0 Å². The molecule has 4 nitrogen and oxygen atoms in total. The van der Waals surface area contributed by atoms with Crippen molar-refractivity contribution in [3.05, 3.63) is 29.3 Å². The van der Waals surface area contributed by atoms with Gasteiger partial charge in [-0.3, -0.25) is 0 Å². The summed E-state index contributed by atoms with van der Waals surface area (Å²) in [6.07, 6.45) is 0.925. The molecule has 0 radical (unpaired) electrons. The van der Waals surface area contributed by atoms with E-state index in [4.69, 9.17) is 11.6 Å². The van der Waals surface area contributed by atoms with Gasteiger partial charge in [0, 0.05) is 30.1 Å². The normalized spacial score (nSPS) is 28.7. The number of piperidine rings is 1. The molecule has 0 bridgehead atoms. The molecule has 19 heavy (non-hydrogen) atoms. The molecule has 0 N–H and O–H groups in total. The monoisotopic (exact) mass is 300 g/mol. The maximum atomic E-state index is 12.5. The lowest BCUT2D eigenvalue weighted by atomic mass is 9.85. The second-order valence-corrected chi connectivity index (χ2v) is 7.73. The van der Waals surface area contributed by atoms with E-state index in [-0.39, 0.29) is 6.04 Å². The number of benzene rings is 1. The number of hydrogen-bond acceptors (Lipinski definition) is 3. The van der Waals surface area contributed by atoms with E-state index < -0.39 is 10.0 Å². The third kappa shape index (κ3) is 2.29. The fourth-order valence-electron chi connectivity index (χ4n) is 3.01. The Morgan fingerprint density at radius 1 is 1.21 bits per heavy atom. The first-order chi connectivity index (χ1) is 8.98. The van der Waals surface area contributed by atoms with Crippen molar-refractivity contribution < 1.29 is 8.42 Å². The van der Waals surface area contributed by atoms with Crippen LogP contribution >= 0.6 is 11.6 Å². The summed E-state index contributed by atoms with van der Waals surface area (Å²) in [5.74, 6) is 0.487. The minimum Gasteiger partial charge on any atom is -0.306 e. The second kappa shape index (κ2) is 4.74. The van der Waals surface area contributed by atoms with Crippen LogP contribution in [0.3, 0.4) is 0 Å². The van der Waals surface area contributed by atoms with E-state index in [9.17, 15) is 8.42 Å². The van der Waals surface area contributed by atoms with Gasteiger partial charge in [-0.1, -0.05) is 11.6 Å². The summed E-state index contributed by atoms with van der Waals surface area (Å²) in [5, 5.41) is 0.555. The molecule has 0 saturated carbocycles. The molecule has 2 saturated heterocycles. The lowest BCUT2D eigenvalue weighted by molar-refractivity contribution is 0.0238. The topological polar surface area (TPSA) is 40.6 Å². The Labute approximate surface area is 119 Å². The van der Waals surface area contributed by atoms with Crippen molar-refractivity contribution in [1.82, 2.24) is 9.21 Å². The van der Waals surface area contributed by atoms with Crippen LogP contribution in [0.4, 0.5) is 0 Å². The molecule has 6 heteroatoms. The maximum absolute atomic E-state index is 12.5. The molecule has 0 spiro atoms. The molecule has 1 aromatic carbocycles. The van der Waals surface area contributed by atoms with Gasteiger partial charge in [-0.25, -0.2) is 8.42 Å². The smallest absolute Gasteiger partial charge is 0.243 e. The number of likely N-dealkylation sites (tertiary alicyclic amines) is 1. The fourth-order valence-corrected chi connectivity index (χ4v) is 4.91. The van der Waals surface area contributed by atoms with E-state index in [2.05, 4.69) is 11.9 Å². The summed E-state index contributed by atoms with van der Waals surface area (Å²) >= 11 is 5.80. The van der Waals surface area contributed by atoms with Crippen LogP contribution in [0.1, 0.15) is 6.42 Å². The zero-order valence-electron chi connectivity index (χ0n) is 10.8. The molecule has 3 rings (SSSR count). The Kier molecular flexibility index (Phi) is 3.33. The molecule has 0 aromatic heterocycles. The molecule has 2 aliphatic rings. The fraction of sp³-hybridized carbons (Fsp3) is 0.538. The average Bonchev–Trinajstić information content (AvgIpc) is 2.33. The predicted molar refractivity (Wildman–Crippen MR) is 74.7 cm³/mol. The van der Waals surface area contributed by atoms with Gasteiger partial charge in [0.1, 0.15) is 0 Å². The number of halogens is 1. The van der Waals surface area contributed by atoms with Crippen LogP contribution in [-0.4, -0.2) is 50.3 Å². The van der Waals surface area contributed by atoms with Gasteiger partial charge >= 0.3 is 0 Å². The number of fused-ring (bicyclic) bond motifs is 1. The van der Waals surface area contributed by atoms with Gasteiger partial charge in [-0.05, 0) is 44.3 Å². The summed E-state index contributed by atoms with van der Waals surface area (Å²) in [4.78, 5) is 2.61. The number of hydrogen-bond donors (Lipinski definition) is 0. The SMILES string of the molecule is CN1CC[C@@H]2[C@H](C1)CN2S(=O)(=O)c1ccc(Cl)cc1. The number of rotatable bonds is 2. The van der Waals surface area contributed by atoms with Crippen LogP contribution in [0, 0.1) is 5.92 Å². The van der Waals surface area contributed by atoms with Crippen molar-refractivity contribution in [2.75, 3.05) is 26.7 Å². The van der Waals surface area contributed by atoms with Gasteiger partial charge in [-0.15, -0.1) is 0 Å². The van der Waals surface area contributed by atoms with Crippen LogP contribution in [0.2, 0.25) is 5.02 Å². The first kappa shape index (κ1) is 13.4. The zero-order valence-corrected chi connectivity index (χ0v) is 12.4. The van der Waals surface area contributed by atoms with E-state index >= 15 is 0 Å². The van der Waals surface area contributed by atoms with E-state index in [0.717, 1.165) is 19.5 Å². The van der Waals surface area contributed by atoms with E-state index in [1.807, 2.05) is 0 Å². The van der Waals surface area contributed by atoms with Gasteiger partial charge in [0.25, 0.3) is 0 Å². The minimum absolute atomic E-state index is 0.178. The summed E-state index contributed by atoms with van der Waals surface area (Å²) in [5.41, 5.74) is 0. The van der Waals surface area contributed by atoms with Gasteiger partial charge in [-0.2, -0.15) is 4.31 Å². The molecule has 2 fully saturated rings. The highest BCUT2D eigenvalue weighted by Gasteiger charge is 2.47. The van der Waals surface area contributed by atoms with E-state index in [1.165, 1.54) is 0 Å². The van der Waals surface area contributed by atoms with Crippen molar-refractivity contribution in [3.8, 4) is 0 Å². The molecule has 0 unspecified atom stereocenters. The highest BCUT2D eigenvalue weighted by Crippen LogP contribution is 2.36. The molecule has 2 heterocycles. The molecule has 2 aliphatic heterocycles. The highest BCUT2D eigenvalue weighted by atomic mass is 35.5. The summed E-state index contributed by atoms with van der Waals surface area (Å²) < 4.78 is 26.7. The van der Waals surface area contributed by atoms with Crippen molar-refractivity contribution >= 4 is 21.6 Å². The Bertz CT molecular complexity index is 573. The lowest BCUT2D eigenvalue weighted by Crippen LogP contribution is -2.64. The largest absolute Gasteiger partial charge is 0.306 e. The van der Waals surface area contributed by atoms with Crippen LogP contribution in [0.5, 0.6) is 0 Å². The van der Waals surface area contributed by atoms with Gasteiger partial charge < -0.3 is 4.90 Å². The molecule has 0 amide bonds. The number of nitrogens with zero attached hydrogens (tertiary/aromatic N) is 2. The predicted octanol–water partition coefficient (Wildman–Crippen LogP) is 1.66. The second-order valence-electron chi connectivity index (χ2n) is 5.41. The molecule has 1 aromatic rings. The van der Waals surface area contributed by atoms with Crippen LogP contribution in [-0.2, 0) is 10.0 Å². The summed E-state index contributed by atoms with van der Waals surface area (Å²) in [7, 11) is -1.26. The molecular formula is C13H17ClN2O2S. The van der Waals surface area contributed by atoms with Crippen molar-refractivity contribution in [3.63, 3.8) is 0 Å². The minimum atomic E-state index is -3.35. The van der Waals surface area contributed by atoms with Gasteiger partial charge in [0.2, 0.25) is 10.0 Å².